The molecular weight excluding hydrogens is 205 g/mol. The molecule has 0 atom stereocenters. The van der Waals surface area contributed by atoms with Crippen LogP contribution >= 0.6 is 0 Å². The van der Waals surface area contributed by atoms with Crippen molar-refractivity contribution in [1.82, 2.24) is 9.78 Å². The van der Waals surface area contributed by atoms with Crippen molar-refractivity contribution in [3.63, 3.8) is 0 Å². The second-order valence-electron chi connectivity index (χ2n) is 3.93. The first kappa shape index (κ1) is 9.39. The van der Waals surface area contributed by atoms with Crippen LogP contribution in [0.1, 0.15) is 6.42 Å². The third kappa shape index (κ3) is 1.56. The van der Waals surface area contributed by atoms with Crippen molar-refractivity contribution in [1.29, 1.82) is 0 Å². The maximum Gasteiger partial charge on any atom is 0.124 e. The molecular formula is C12H12FN3. The fraction of sp³-hybridized carbons (Fsp3) is 0.250. The van der Waals surface area contributed by atoms with Crippen LogP contribution in [0.4, 0.5) is 10.2 Å². The fourth-order valence-electron chi connectivity index (χ4n) is 1.96. The van der Waals surface area contributed by atoms with E-state index >= 15 is 0 Å². The Kier molecular flexibility index (Phi) is 2.13. The summed E-state index contributed by atoms with van der Waals surface area (Å²) in [6, 6.07) is 8.49. The summed E-state index contributed by atoms with van der Waals surface area (Å²) in [6.07, 6.45) is 1.08. The molecule has 1 aromatic heterocycles. The highest BCUT2D eigenvalue weighted by molar-refractivity contribution is 5.63. The van der Waals surface area contributed by atoms with Gasteiger partial charge in [0.15, 0.2) is 0 Å². The molecule has 0 bridgehead atoms. The Labute approximate surface area is 92.9 Å². The average Bonchev–Trinajstić information content (AvgIpc) is 2.72. The van der Waals surface area contributed by atoms with Crippen LogP contribution in [-0.2, 0) is 6.54 Å². The Balaban J connectivity index is 2.03. The monoisotopic (exact) mass is 217 g/mol. The number of fused-ring (bicyclic) bond motifs is 1. The van der Waals surface area contributed by atoms with Gasteiger partial charge in [-0.25, -0.2) is 9.07 Å². The Hall–Kier alpha value is -1.84. The number of hydrogen-bond acceptors (Lipinski definition) is 2. The van der Waals surface area contributed by atoms with Crippen molar-refractivity contribution in [2.75, 3.05) is 11.9 Å². The quantitative estimate of drug-likeness (QED) is 0.795. The molecule has 0 unspecified atom stereocenters. The first-order valence-electron chi connectivity index (χ1n) is 5.40. The lowest BCUT2D eigenvalue weighted by atomic mass is 10.1. The second-order valence-corrected chi connectivity index (χ2v) is 3.93. The van der Waals surface area contributed by atoms with Crippen molar-refractivity contribution in [3.8, 4) is 11.3 Å². The van der Waals surface area contributed by atoms with Gasteiger partial charge in [-0.05, 0) is 18.6 Å². The minimum atomic E-state index is -0.226. The van der Waals surface area contributed by atoms with Crippen molar-refractivity contribution in [2.45, 2.75) is 13.0 Å². The standard InChI is InChI=1S/C12H12FN3/c13-10-4-1-3-9(7-10)11-8-12-14-5-2-6-16(12)15-11/h1,3-4,7-8,14H,2,5-6H2. The molecule has 3 rings (SSSR count). The maximum atomic E-state index is 13.1. The molecule has 0 saturated heterocycles. The lowest BCUT2D eigenvalue weighted by Gasteiger charge is -2.14. The van der Waals surface area contributed by atoms with E-state index in [1.165, 1.54) is 12.1 Å². The zero-order valence-corrected chi connectivity index (χ0v) is 8.78. The Morgan fingerprint density at radius 1 is 1.31 bits per heavy atom. The molecule has 2 aromatic rings. The molecule has 16 heavy (non-hydrogen) atoms. The van der Waals surface area contributed by atoms with Gasteiger partial charge in [0.05, 0.1) is 5.69 Å². The van der Waals surface area contributed by atoms with Crippen LogP contribution in [0.2, 0.25) is 0 Å². The minimum Gasteiger partial charge on any atom is -0.370 e. The molecule has 1 aliphatic rings. The number of nitrogens with one attached hydrogen (secondary N) is 1. The topological polar surface area (TPSA) is 29.9 Å². The van der Waals surface area contributed by atoms with E-state index in [9.17, 15) is 4.39 Å². The highest BCUT2D eigenvalue weighted by Crippen LogP contribution is 2.24. The summed E-state index contributed by atoms with van der Waals surface area (Å²) in [6.45, 7) is 1.91. The number of aromatic nitrogens is 2. The van der Waals surface area contributed by atoms with Gasteiger partial charge in [-0.2, -0.15) is 5.10 Å². The van der Waals surface area contributed by atoms with Gasteiger partial charge in [-0.15, -0.1) is 0 Å². The van der Waals surface area contributed by atoms with Crippen molar-refractivity contribution in [3.05, 3.63) is 36.1 Å². The molecule has 3 nitrogen and oxygen atoms in total. The molecule has 4 heteroatoms. The number of anilines is 1. The third-order valence-corrected chi connectivity index (χ3v) is 2.75. The molecule has 0 aliphatic carbocycles. The predicted molar refractivity (Wildman–Crippen MR) is 60.7 cm³/mol. The summed E-state index contributed by atoms with van der Waals surface area (Å²) in [5.74, 6) is 0.793. The van der Waals surface area contributed by atoms with E-state index in [2.05, 4.69) is 10.4 Å². The van der Waals surface area contributed by atoms with Gasteiger partial charge >= 0.3 is 0 Å². The molecule has 0 amide bonds. The van der Waals surface area contributed by atoms with Crippen molar-refractivity contribution in [2.24, 2.45) is 0 Å². The summed E-state index contributed by atoms with van der Waals surface area (Å²) in [5.41, 5.74) is 1.65. The molecule has 0 fully saturated rings. The molecule has 0 spiro atoms. The van der Waals surface area contributed by atoms with E-state index in [0.717, 1.165) is 36.6 Å². The van der Waals surface area contributed by atoms with Crippen LogP contribution in [0.25, 0.3) is 11.3 Å². The highest BCUT2D eigenvalue weighted by atomic mass is 19.1. The van der Waals surface area contributed by atoms with Gasteiger partial charge in [0, 0.05) is 24.7 Å². The Morgan fingerprint density at radius 3 is 3.06 bits per heavy atom. The van der Waals surface area contributed by atoms with Crippen LogP contribution in [0.3, 0.4) is 0 Å². The number of halogens is 1. The lowest BCUT2D eigenvalue weighted by molar-refractivity contribution is 0.569. The molecule has 0 radical (unpaired) electrons. The van der Waals surface area contributed by atoms with Gasteiger partial charge in [-0.3, -0.25) is 0 Å². The van der Waals surface area contributed by atoms with E-state index in [1.807, 2.05) is 16.8 Å². The van der Waals surface area contributed by atoms with Gasteiger partial charge in [0.2, 0.25) is 0 Å². The summed E-state index contributed by atoms with van der Waals surface area (Å²) < 4.78 is 15.0. The Morgan fingerprint density at radius 2 is 2.25 bits per heavy atom. The van der Waals surface area contributed by atoms with Crippen LogP contribution < -0.4 is 5.32 Å². The lowest BCUT2D eigenvalue weighted by Crippen LogP contribution is -2.17. The average molecular weight is 217 g/mol. The van der Waals surface area contributed by atoms with E-state index in [0.29, 0.717) is 0 Å². The number of benzene rings is 1. The number of hydrogen-bond donors (Lipinski definition) is 1. The van der Waals surface area contributed by atoms with Crippen LogP contribution in [0.5, 0.6) is 0 Å². The van der Waals surface area contributed by atoms with Gasteiger partial charge in [0.1, 0.15) is 11.6 Å². The number of nitrogens with zero attached hydrogens (tertiary/aromatic N) is 2. The van der Waals surface area contributed by atoms with E-state index in [4.69, 9.17) is 0 Å². The summed E-state index contributed by atoms with van der Waals surface area (Å²) in [7, 11) is 0. The molecule has 1 aromatic carbocycles. The molecule has 0 saturated carbocycles. The molecule has 2 heterocycles. The van der Waals surface area contributed by atoms with E-state index < -0.39 is 0 Å². The smallest absolute Gasteiger partial charge is 0.124 e. The van der Waals surface area contributed by atoms with E-state index in [-0.39, 0.29) is 5.82 Å². The molecule has 1 N–H and O–H groups in total. The van der Waals surface area contributed by atoms with Crippen LogP contribution in [0, 0.1) is 5.82 Å². The van der Waals surface area contributed by atoms with Crippen LogP contribution in [-0.4, -0.2) is 16.3 Å². The minimum absolute atomic E-state index is 0.226. The summed E-state index contributed by atoms with van der Waals surface area (Å²) in [4.78, 5) is 0. The Bertz CT molecular complexity index is 495. The predicted octanol–water partition coefficient (Wildman–Crippen LogP) is 2.50. The van der Waals surface area contributed by atoms with Gasteiger partial charge in [0.25, 0.3) is 0 Å². The first-order valence-corrected chi connectivity index (χ1v) is 5.40. The normalized spacial score (nSPS) is 14.3. The van der Waals surface area contributed by atoms with Crippen molar-refractivity contribution < 1.29 is 4.39 Å². The number of aryl methyl sites for hydroxylation is 1. The molecule has 82 valence electrons. The van der Waals surface area contributed by atoms with Crippen LogP contribution in [0.15, 0.2) is 30.3 Å². The van der Waals surface area contributed by atoms with Crippen molar-refractivity contribution >= 4 is 5.82 Å². The summed E-state index contributed by atoms with van der Waals surface area (Å²) >= 11 is 0. The third-order valence-electron chi connectivity index (χ3n) is 2.75. The molecule has 1 aliphatic heterocycles. The number of rotatable bonds is 1. The highest BCUT2D eigenvalue weighted by Gasteiger charge is 2.12. The second kappa shape index (κ2) is 3.63. The van der Waals surface area contributed by atoms with Gasteiger partial charge < -0.3 is 5.32 Å². The largest absolute Gasteiger partial charge is 0.370 e. The zero-order chi connectivity index (χ0) is 11.0. The fourth-order valence-corrected chi connectivity index (χ4v) is 1.96. The zero-order valence-electron chi connectivity index (χ0n) is 8.78. The SMILES string of the molecule is Fc1cccc(-c2cc3n(n2)CCCN3)c1. The first-order chi connectivity index (χ1) is 7.83. The maximum absolute atomic E-state index is 13.1. The summed E-state index contributed by atoms with van der Waals surface area (Å²) in [5, 5.41) is 7.72. The van der Waals surface area contributed by atoms with E-state index in [1.54, 1.807) is 6.07 Å². The van der Waals surface area contributed by atoms with Gasteiger partial charge in [-0.1, -0.05) is 12.1 Å².